The van der Waals surface area contributed by atoms with Crippen LogP contribution in [0.3, 0.4) is 0 Å². The van der Waals surface area contributed by atoms with Gasteiger partial charge in [-0.3, -0.25) is 15.0 Å². The minimum atomic E-state index is -0.559. The van der Waals surface area contributed by atoms with Gasteiger partial charge >= 0.3 is 6.03 Å². The number of hydrogen-bond acceptors (Lipinski definition) is 5. The highest BCUT2D eigenvalue weighted by Crippen LogP contribution is 2.33. The van der Waals surface area contributed by atoms with E-state index in [1.54, 1.807) is 18.2 Å². The Balaban J connectivity index is 1.32. The van der Waals surface area contributed by atoms with Crippen LogP contribution in [0.2, 0.25) is 0 Å². The summed E-state index contributed by atoms with van der Waals surface area (Å²) in [4.78, 5) is 26.7. The van der Waals surface area contributed by atoms with E-state index < -0.39 is 6.03 Å². The number of hydrogen-bond donors (Lipinski definition) is 2. The molecule has 1 aromatic carbocycles. The SMILES string of the molecule is Cn1cccc1C1CCCN1CC(=O)NC(=O)Nc1ccc2c(c1)OCCO2. The van der Waals surface area contributed by atoms with E-state index in [-0.39, 0.29) is 18.5 Å². The highest BCUT2D eigenvalue weighted by atomic mass is 16.6. The van der Waals surface area contributed by atoms with Crippen LogP contribution >= 0.6 is 0 Å². The molecule has 4 rings (SSSR count). The minimum Gasteiger partial charge on any atom is -0.486 e. The van der Waals surface area contributed by atoms with Crippen LogP contribution in [0.5, 0.6) is 11.5 Å². The molecular weight excluding hydrogens is 360 g/mol. The maximum atomic E-state index is 12.4. The smallest absolute Gasteiger partial charge is 0.325 e. The number of aromatic nitrogens is 1. The zero-order valence-electron chi connectivity index (χ0n) is 15.8. The lowest BCUT2D eigenvalue weighted by Gasteiger charge is -2.24. The van der Waals surface area contributed by atoms with Crippen LogP contribution in [0.15, 0.2) is 36.5 Å². The number of amides is 3. The van der Waals surface area contributed by atoms with Crippen molar-refractivity contribution in [2.24, 2.45) is 7.05 Å². The lowest BCUT2D eigenvalue weighted by atomic mass is 10.1. The Morgan fingerprint density at radius 1 is 1.18 bits per heavy atom. The predicted octanol–water partition coefficient (Wildman–Crippen LogP) is 2.28. The van der Waals surface area contributed by atoms with E-state index in [4.69, 9.17) is 9.47 Å². The molecule has 2 aliphatic heterocycles. The fourth-order valence-corrected chi connectivity index (χ4v) is 3.80. The highest BCUT2D eigenvalue weighted by molar-refractivity contribution is 6.01. The van der Waals surface area contributed by atoms with E-state index in [9.17, 15) is 9.59 Å². The molecule has 148 valence electrons. The lowest BCUT2D eigenvalue weighted by Crippen LogP contribution is -2.41. The molecule has 0 bridgehead atoms. The molecule has 1 saturated heterocycles. The normalized spacial score (nSPS) is 18.7. The Kier molecular flexibility index (Phi) is 5.21. The van der Waals surface area contributed by atoms with Crippen LogP contribution < -0.4 is 20.1 Å². The van der Waals surface area contributed by atoms with Gasteiger partial charge in [-0.1, -0.05) is 0 Å². The molecule has 1 atom stereocenters. The van der Waals surface area contributed by atoms with Gasteiger partial charge in [-0.15, -0.1) is 0 Å². The van der Waals surface area contributed by atoms with Gasteiger partial charge < -0.3 is 19.4 Å². The fraction of sp³-hybridized carbons (Fsp3) is 0.400. The third-order valence-corrected chi connectivity index (χ3v) is 5.09. The summed E-state index contributed by atoms with van der Waals surface area (Å²) in [5, 5.41) is 5.07. The maximum Gasteiger partial charge on any atom is 0.325 e. The summed E-state index contributed by atoms with van der Waals surface area (Å²) >= 11 is 0. The predicted molar refractivity (Wildman–Crippen MR) is 104 cm³/mol. The van der Waals surface area contributed by atoms with Gasteiger partial charge in [-0.2, -0.15) is 0 Å². The number of urea groups is 1. The number of carbonyl (C=O) groups excluding carboxylic acids is 2. The number of anilines is 1. The largest absolute Gasteiger partial charge is 0.486 e. The lowest BCUT2D eigenvalue weighted by molar-refractivity contribution is -0.121. The van der Waals surface area contributed by atoms with Crippen LogP contribution in [0, 0.1) is 0 Å². The molecule has 3 amide bonds. The molecule has 0 saturated carbocycles. The van der Waals surface area contributed by atoms with E-state index in [0.717, 1.165) is 19.4 Å². The number of carbonyl (C=O) groups is 2. The van der Waals surface area contributed by atoms with Crippen molar-refractivity contribution in [1.29, 1.82) is 0 Å². The Morgan fingerprint density at radius 2 is 2.00 bits per heavy atom. The summed E-state index contributed by atoms with van der Waals surface area (Å²) in [6.07, 6.45) is 4.05. The van der Waals surface area contributed by atoms with Gasteiger partial charge in [0.2, 0.25) is 5.91 Å². The third-order valence-electron chi connectivity index (χ3n) is 5.09. The van der Waals surface area contributed by atoms with Crippen molar-refractivity contribution in [2.75, 3.05) is 31.6 Å². The Morgan fingerprint density at radius 3 is 2.79 bits per heavy atom. The maximum absolute atomic E-state index is 12.4. The molecule has 1 unspecified atom stereocenters. The van der Waals surface area contributed by atoms with E-state index in [1.807, 2.05) is 19.3 Å². The van der Waals surface area contributed by atoms with Crippen molar-refractivity contribution >= 4 is 17.6 Å². The quantitative estimate of drug-likeness (QED) is 0.845. The van der Waals surface area contributed by atoms with Crippen LogP contribution in [-0.4, -0.2) is 47.7 Å². The van der Waals surface area contributed by atoms with E-state index >= 15 is 0 Å². The number of nitrogens with zero attached hydrogens (tertiary/aromatic N) is 2. The second kappa shape index (κ2) is 7.93. The van der Waals surface area contributed by atoms with Gasteiger partial charge in [0.25, 0.3) is 0 Å². The van der Waals surface area contributed by atoms with Crippen molar-refractivity contribution in [1.82, 2.24) is 14.8 Å². The first-order chi connectivity index (χ1) is 13.6. The Hall–Kier alpha value is -3.00. The van der Waals surface area contributed by atoms with Crippen LogP contribution in [0.25, 0.3) is 0 Å². The summed E-state index contributed by atoms with van der Waals surface area (Å²) in [5.74, 6) is 0.906. The highest BCUT2D eigenvalue weighted by Gasteiger charge is 2.29. The van der Waals surface area contributed by atoms with Crippen LogP contribution in [0.1, 0.15) is 24.6 Å². The zero-order chi connectivity index (χ0) is 19.5. The summed E-state index contributed by atoms with van der Waals surface area (Å²) in [7, 11) is 2.01. The molecule has 8 heteroatoms. The first-order valence-corrected chi connectivity index (χ1v) is 9.46. The van der Waals surface area contributed by atoms with Gasteiger partial charge in [0.15, 0.2) is 11.5 Å². The summed E-state index contributed by atoms with van der Waals surface area (Å²) in [6, 6.07) is 8.86. The third kappa shape index (κ3) is 3.96. The molecule has 0 spiro atoms. The molecule has 2 aromatic rings. The summed E-state index contributed by atoms with van der Waals surface area (Å²) < 4.78 is 13.0. The molecule has 2 N–H and O–H groups in total. The van der Waals surface area contributed by atoms with Gasteiger partial charge in [-0.25, -0.2) is 4.79 Å². The molecule has 1 fully saturated rings. The molecule has 0 radical (unpaired) electrons. The molecule has 28 heavy (non-hydrogen) atoms. The second-order valence-corrected chi connectivity index (χ2v) is 7.03. The number of benzene rings is 1. The molecular formula is C20H24N4O4. The topological polar surface area (TPSA) is 84.8 Å². The standard InChI is InChI=1S/C20H24N4O4/c1-23-8-2-4-15(23)16-5-3-9-24(16)13-19(25)22-20(26)21-14-6-7-17-18(12-14)28-11-10-27-17/h2,4,6-8,12,16H,3,5,9-11,13H2,1H3,(H2,21,22,25,26). The summed E-state index contributed by atoms with van der Waals surface area (Å²) in [6.45, 7) is 2.01. The summed E-state index contributed by atoms with van der Waals surface area (Å²) in [5.41, 5.74) is 1.73. The van der Waals surface area contributed by atoms with E-state index in [1.165, 1.54) is 5.69 Å². The van der Waals surface area contributed by atoms with Crippen LogP contribution in [-0.2, 0) is 11.8 Å². The van der Waals surface area contributed by atoms with Crippen molar-refractivity contribution in [3.05, 3.63) is 42.2 Å². The Labute approximate surface area is 163 Å². The molecule has 0 aliphatic carbocycles. The van der Waals surface area contributed by atoms with Crippen molar-refractivity contribution in [2.45, 2.75) is 18.9 Å². The number of imide groups is 1. The fourth-order valence-electron chi connectivity index (χ4n) is 3.80. The van der Waals surface area contributed by atoms with E-state index in [2.05, 4.69) is 26.2 Å². The first kappa shape index (κ1) is 18.4. The second-order valence-electron chi connectivity index (χ2n) is 7.03. The molecule has 3 heterocycles. The molecule has 8 nitrogen and oxygen atoms in total. The van der Waals surface area contributed by atoms with Crippen molar-refractivity contribution in [3.8, 4) is 11.5 Å². The number of aryl methyl sites for hydroxylation is 1. The van der Waals surface area contributed by atoms with Gasteiger partial charge in [-0.05, 0) is 43.7 Å². The first-order valence-electron chi connectivity index (χ1n) is 9.46. The average Bonchev–Trinajstić information content (AvgIpc) is 3.29. The zero-order valence-corrected chi connectivity index (χ0v) is 15.8. The van der Waals surface area contributed by atoms with E-state index in [0.29, 0.717) is 30.4 Å². The minimum absolute atomic E-state index is 0.185. The average molecular weight is 384 g/mol. The molecule has 2 aliphatic rings. The van der Waals surface area contributed by atoms with Crippen molar-refractivity contribution in [3.63, 3.8) is 0 Å². The number of fused-ring (bicyclic) bond motifs is 1. The van der Waals surface area contributed by atoms with Crippen LogP contribution in [0.4, 0.5) is 10.5 Å². The molecule has 1 aromatic heterocycles. The van der Waals surface area contributed by atoms with Gasteiger partial charge in [0, 0.05) is 30.7 Å². The number of ether oxygens (including phenoxy) is 2. The monoisotopic (exact) mass is 384 g/mol. The number of likely N-dealkylation sites (tertiary alicyclic amines) is 1. The number of nitrogens with one attached hydrogen (secondary N) is 2. The van der Waals surface area contributed by atoms with Crippen molar-refractivity contribution < 1.29 is 19.1 Å². The number of rotatable bonds is 4. The Bertz CT molecular complexity index is 879. The van der Waals surface area contributed by atoms with Gasteiger partial charge in [0.05, 0.1) is 12.6 Å². The van der Waals surface area contributed by atoms with Gasteiger partial charge in [0.1, 0.15) is 13.2 Å².